The number of carbonyl (C=O) groups is 1. The number of pyridine rings is 1. The van der Waals surface area contributed by atoms with Crippen molar-refractivity contribution in [3.63, 3.8) is 0 Å². The highest BCUT2D eigenvalue weighted by molar-refractivity contribution is 6.09. The number of aliphatic hydroxyl groups is 2. The Hall–Kier alpha value is -2.84. The van der Waals surface area contributed by atoms with Gasteiger partial charge in [0.15, 0.2) is 0 Å². The number of nitrogens with zero attached hydrogens (tertiary/aromatic N) is 3. The lowest BCUT2D eigenvalue weighted by Gasteiger charge is -2.36. The predicted octanol–water partition coefficient (Wildman–Crippen LogP) is 4.07. The van der Waals surface area contributed by atoms with Gasteiger partial charge in [0.2, 0.25) is 0 Å². The van der Waals surface area contributed by atoms with E-state index in [1.54, 1.807) is 0 Å². The minimum Gasteiger partial charge on any atom is -0.394 e. The minimum atomic E-state index is -0.715. The summed E-state index contributed by atoms with van der Waals surface area (Å²) >= 11 is 0. The molecule has 39 heavy (non-hydrogen) atoms. The number of fused-ring (bicyclic) bond motifs is 1. The number of nitrogens with one attached hydrogen (secondary N) is 1. The Bertz CT molecular complexity index is 1240. The van der Waals surface area contributed by atoms with Crippen LogP contribution >= 0.6 is 0 Å². The lowest BCUT2D eigenvalue weighted by atomic mass is 9.84. The highest BCUT2D eigenvalue weighted by Crippen LogP contribution is 2.32. The molecule has 1 aliphatic heterocycles. The van der Waals surface area contributed by atoms with Crippen LogP contribution in [0, 0.1) is 5.92 Å². The van der Waals surface area contributed by atoms with Gasteiger partial charge >= 0.3 is 0 Å². The molecule has 208 valence electrons. The lowest BCUT2D eigenvalue weighted by molar-refractivity contribution is 0.0382. The maximum Gasteiger partial charge on any atom is 0.252 e. The maximum atomic E-state index is 14.1. The molecule has 0 spiro atoms. The average Bonchev–Trinajstić information content (AvgIpc) is 2.98. The van der Waals surface area contributed by atoms with Crippen LogP contribution in [0.4, 0.5) is 0 Å². The van der Waals surface area contributed by atoms with Crippen molar-refractivity contribution in [2.45, 2.75) is 57.7 Å². The van der Waals surface area contributed by atoms with Gasteiger partial charge in [-0.3, -0.25) is 14.6 Å². The molecule has 2 fully saturated rings. The Labute approximate surface area is 231 Å². The van der Waals surface area contributed by atoms with Crippen molar-refractivity contribution >= 4 is 16.8 Å². The molecule has 3 aromatic rings. The molecule has 0 bridgehead atoms. The molecule has 0 radical (unpaired) electrons. The average molecular weight is 531 g/mol. The van der Waals surface area contributed by atoms with Crippen LogP contribution in [0.15, 0.2) is 54.6 Å². The smallest absolute Gasteiger partial charge is 0.252 e. The third kappa shape index (κ3) is 6.67. The molecule has 1 saturated heterocycles. The molecular weight excluding hydrogens is 488 g/mol. The van der Waals surface area contributed by atoms with Crippen molar-refractivity contribution in [3.05, 3.63) is 65.7 Å². The standard InChI is InChI=1S/C32H42N4O3/c1-23(24-10-4-2-5-11-24)33-32(39)30-27-14-8-9-15-29(27)34-31(25-12-6-3-7-13-25)28(30)21-36-18-16-35(17-19-36)20-26(38)22-37/h3,6-9,12-15,23-24,26,37-38H,2,4-5,10-11,16-22H2,1H3,(H,33,39)/t23-,26+/m0/s1. The molecule has 2 aliphatic rings. The first-order valence-electron chi connectivity index (χ1n) is 14.5. The van der Waals surface area contributed by atoms with E-state index in [1.807, 2.05) is 42.5 Å². The van der Waals surface area contributed by atoms with Gasteiger partial charge in [0.25, 0.3) is 5.91 Å². The van der Waals surface area contributed by atoms with Crippen LogP contribution < -0.4 is 5.32 Å². The van der Waals surface area contributed by atoms with E-state index in [0.29, 0.717) is 19.0 Å². The zero-order valence-electron chi connectivity index (χ0n) is 23.1. The summed E-state index contributed by atoms with van der Waals surface area (Å²) in [5, 5.41) is 23.4. The number of rotatable bonds is 9. The van der Waals surface area contributed by atoms with Gasteiger partial charge in [-0.15, -0.1) is 0 Å². The first-order chi connectivity index (χ1) is 19.0. The molecular formula is C32H42N4O3. The fourth-order valence-corrected chi connectivity index (χ4v) is 6.24. The zero-order valence-corrected chi connectivity index (χ0v) is 23.1. The van der Waals surface area contributed by atoms with Crippen molar-refractivity contribution in [2.75, 3.05) is 39.3 Å². The largest absolute Gasteiger partial charge is 0.394 e. The number of para-hydroxylation sites is 1. The van der Waals surface area contributed by atoms with Gasteiger partial charge in [0, 0.05) is 61.8 Å². The number of piperazine rings is 1. The molecule has 7 nitrogen and oxygen atoms in total. The first-order valence-corrected chi connectivity index (χ1v) is 14.5. The zero-order chi connectivity index (χ0) is 27.2. The van der Waals surface area contributed by atoms with Crippen molar-refractivity contribution in [3.8, 4) is 11.3 Å². The van der Waals surface area contributed by atoms with E-state index in [9.17, 15) is 15.0 Å². The first kappa shape index (κ1) is 27.7. The summed E-state index contributed by atoms with van der Waals surface area (Å²) in [4.78, 5) is 23.8. The van der Waals surface area contributed by atoms with Crippen molar-refractivity contribution in [1.29, 1.82) is 0 Å². The Morgan fingerprint density at radius 3 is 2.36 bits per heavy atom. The number of benzene rings is 2. The molecule has 2 aromatic carbocycles. The quantitative estimate of drug-likeness (QED) is 0.387. The summed E-state index contributed by atoms with van der Waals surface area (Å²) in [6.45, 7) is 6.29. The van der Waals surface area contributed by atoms with E-state index < -0.39 is 6.10 Å². The molecule has 1 amide bonds. The number of hydrogen-bond donors (Lipinski definition) is 3. The van der Waals surface area contributed by atoms with E-state index >= 15 is 0 Å². The van der Waals surface area contributed by atoms with Gasteiger partial charge in [-0.25, -0.2) is 4.98 Å². The van der Waals surface area contributed by atoms with E-state index in [-0.39, 0.29) is 18.6 Å². The van der Waals surface area contributed by atoms with Gasteiger partial charge < -0.3 is 15.5 Å². The Balaban J connectivity index is 1.49. The third-order valence-corrected chi connectivity index (χ3v) is 8.51. The number of aliphatic hydroxyl groups excluding tert-OH is 2. The van der Waals surface area contributed by atoms with Crippen LogP contribution in [0.1, 0.15) is 54.9 Å². The van der Waals surface area contributed by atoms with Crippen molar-refractivity contribution in [1.82, 2.24) is 20.1 Å². The normalized spacial score (nSPS) is 19.2. The van der Waals surface area contributed by atoms with Crippen LogP contribution in [0.2, 0.25) is 0 Å². The van der Waals surface area contributed by atoms with Crippen LogP contribution in [0.25, 0.3) is 22.2 Å². The highest BCUT2D eigenvalue weighted by atomic mass is 16.3. The predicted molar refractivity (Wildman–Crippen MR) is 155 cm³/mol. The molecule has 0 unspecified atom stereocenters. The molecule has 2 atom stereocenters. The summed E-state index contributed by atoms with van der Waals surface area (Å²) in [7, 11) is 0. The van der Waals surface area contributed by atoms with Gasteiger partial charge in [-0.1, -0.05) is 67.8 Å². The number of hydrogen-bond acceptors (Lipinski definition) is 6. The Morgan fingerprint density at radius 2 is 1.64 bits per heavy atom. The summed E-state index contributed by atoms with van der Waals surface area (Å²) in [5.74, 6) is 0.513. The van der Waals surface area contributed by atoms with E-state index in [2.05, 4.69) is 34.2 Å². The molecule has 3 N–H and O–H groups in total. The van der Waals surface area contributed by atoms with E-state index in [4.69, 9.17) is 4.98 Å². The lowest BCUT2D eigenvalue weighted by Crippen LogP contribution is -2.48. The Morgan fingerprint density at radius 1 is 0.974 bits per heavy atom. The van der Waals surface area contributed by atoms with Crippen molar-refractivity contribution in [2.24, 2.45) is 5.92 Å². The molecule has 1 aromatic heterocycles. The van der Waals surface area contributed by atoms with Crippen LogP contribution in [0.3, 0.4) is 0 Å². The fraction of sp³-hybridized carbons (Fsp3) is 0.500. The second kappa shape index (κ2) is 13.0. The monoisotopic (exact) mass is 530 g/mol. The van der Waals surface area contributed by atoms with Gasteiger partial charge in [0.05, 0.1) is 29.5 Å². The third-order valence-electron chi connectivity index (χ3n) is 8.51. The van der Waals surface area contributed by atoms with Gasteiger partial charge in [-0.2, -0.15) is 0 Å². The number of β-amino-alcohol motifs (C(OH)–C–C–N with tert-alkyl or cyclic N) is 1. The highest BCUT2D eigenvalue weighted by Gasteiger charge is 2.28. The molecule has 5 rings (SSSR count). The Kier molecular flexibility index (Phi) is 9.24. The molecule has 7 heteroatoms. The summed E-state index contributed by atoms with van der Waals surface area (Å²) in [5.41, 5.74) is 4.41. The number of aromatic nitrogens is 1. The topological polar surface area (TPSA) is 88.9 Å². The summed E-state index contributed by atoms with van der Waals surface area (Å²) < 4.78 is 0. The van der Waals surface area contributed by atoms with Gasteiger partial charge in [0.1, 0.15) is 0 Å². The van der Waals surface area contributed by atoms with Crippen LogP contribution in [-0.2, 0) is 6.54 Å². The minimum absolute atomic E-state index is 0.0106. The summed E-state index contributed by atoms with van der Waals surface area (Å²) in [6.07, 6.45) is 5.42. The van der Waals surface area contributed by atoms with Crippen molar-refractivity contribution < 1.29 is 15.0 Å². The second-order valence-electron chi connectivity index (χ2n) is 11.3. The summed E-state index contributed by atoms with van der Waals surface area (Å²) in [6, 6.07) is 18.3. The fourth-order valence-electron chi connectivity index (χ4n) is 6.24. The SMILES string of the molecule is C[C@H](NC(=O)c1c(CN2CCN(C[C@@H](O)CO)CC2)c(-c2ccccc2)nc2ccccc12)C1CCCCC1. The maximum absolute atomic E-state index is 14.1. The van der Waals surface area contributed by atoms with Gasteiger partial charge in [-0.05, 0) is 31.7 Å². The number of amides is 1. The van der Waals surface area contributed by atoms with E-state index in [0.717, 1.165) is 59.5 Å². The molecule has 2 heterocycles. The van der Waals surface area contributed by atoms with Crippen LogP contribution in [0.5, 0.6) is 0 Å². The number of carbonyl (C=O) groups excluding carboxylic acids is 1. The second-order valence-corrected chi connectivity index (χ2v) is 11.3. The van der Waals surface area contributed by atoms with E-state index in [1.165, 1.54) is 32.1 Å². The molecule has 1 saturated carbocycles. The molecule has 1 aliphatic carbocycles. The van der Waals surface area contributed by atoms with Crippen LogP contribution in [-0.4, -0.2) is 82.4 Å².